The van der Waals surface area contributed by atoms with Crippen LogP contribution in [0.1, 0.15) is 25.7 Å². The zero-order valence-electron chi connectivity index (χ0n) is 6.22. The first-order valence-electron chi connectivity index (χ1n) is 3.73. The molecule has 0 atom stereocenters. The Labute approximate surface area is 71.3 Å². The number of hydrogen-bond acceptors (Lipinski definition) is 1. The van der Waals surface area contributed by atoms with E-state index in [1.165, 1.54) is 19.3 Å². The Kier molecular flexibility index (Phi) is 9.35. The molecule has 0 unspecified atom stereocenters. The van der Waals surface area contributed by atoms with Crippen molar-refractivity contribution in [3.8, 4) is 0 Å². The van der Waals surface area contributed by atoms with E-state index in [0.29, 0.717) is 0 Å². The highest BCUT2D eigenvalue weighted by Crippen LogP contribution is 2.01. The smallest absolute Gasteiger partial charge is 0.0612 e. The number of halogens is 1. The molecule has 0 spiro atoms. The highest BCUT2D eigenvalue weighted by atomic mass is 79.9. The summed E-state index contributed by atoms with van der Waals surface area (Å²) in [6, 6.07) is 0. The Morgan fingerprint density at radius 3 is 2.50 bits per heavy atom. The van der Waals surface area contributed by atoms with Crippen molar-refractivity contribution in [2.45, 2.75) is 25.7 Å². The predicted octanol–water partition coefficient (Wildman–Crippen LogP) is 2.49. The minimum absolute atomic E-state index is 0.179. The van der Waals surface area contributed by atoms with Gasteiger partial charge in [0, 0.05) is 5.33 Å². The summed E-state index contributed by atoms with van der Waals surface area (Å²) < 4.78 is 0. The van der Waals surface area contributed by atoms with Gasteiger partial charge in [-0.25, -0.2) is 0 Å². The van der Waals surface area contributed by atoms with Crippen molar-refractivity contribution in [1.29, 1.82) is 0 Å². The normalized spacial score (nSPS) is 11.0. The monoisotopic (exact) mass is 206 g/mol. The van der Waals surface area contributed by atoms with Crippen LogP contribution < -0.4 is 0 Å². The van der Waals surface area contributed by atoms with Crippen LogP contribution in [-0.4, -0.2) is 17.0 Å². The van der Waals surface area contributed by atoms with Gasteiger partial charge in [0.25, 0.3) is 0 Å². The molecule has 0 aliphatic heterocycles. The van der Waals surface area contributed by atoms with Gasteiger partial charge in [0.1, 0.15) is 0 Å². The van der Waals surface area contributed by atoms with Gasteiger partial charge in [-0.1, -0.05) is 34.5 Å². The van der Waals surface area contributed by atoms with Crippen LogP contribution in [0, 0.1) is 0 Å². The molecular formula is C8H15BrO. The number of hydrogen-bond donors (Lipinski definition) is 1. The zero-order valence-corrected chi connectivity index (χ0v) is 7.81. The number of rotatable bonds is 6. The zero-order chi connectivity index (χ0) is 7.66. The average Bonchev–Trinajstić information content (AvgIpc) is 1.97. The van der Waals surface area contributed by atoms with Crippen LogP contribution in [0.4, 0.5) is 0 Å². The lowest BCUT2D eigenvalue weighted by atomic mass is 10.2. The molecule has 0 aromatic carbocycles. The van der Waals surface area contributed by atoms with Crippen LogP contribution in [0.15, 0.2) is 12.2 Å². The molecule has 0 aromatic rings. The molecule has 1 nitrogen and oxygen atoms in total. The number of unbranched alkanes of at least 4 members (excludes halogenated alkanes) is 3. The van der Waals surface area contributed by atoms with Gasteiger partial charge in [-0.3, -0.25) is 0 Å². The number of aliphatic hydroxyl groups is 1. The third-order valence-corrected chi connectivity index (χ3v) is 1.84. The number of alkyl halides is 1. The summed E-state index contributed by atoms with van der Waals surface area (Å²) in [4.78, 5) is 0. The van der Waals surface area contributed by atoms with Gasteiger partial charge in [0.05, 0.1) is 6.61 Å². The fraction of sp³-hybridized carbons (Fsp3) is 0.750. The SMILES string of the molecule is OC/C=C/CCCCCBr. The van der Waals surface area contributed by atoms with E-state index in [1.54, 1.807) is 6.08 Å². The lowest BCUT2D eigenvalue weighted by Gasteiger charge is -1.92. The van der Waals surface area contributed by atoms with E-state index in [-0.39, 0.29) is 6.61 Å². The molecule has 0 saturated carbocycles. The fourth-order valence-corrected chi connectivity index (χ4v) is 1.12. The van der Waals surface area contributed by atoms with Crippen molar-refractivity contribution in [3.63, 3.8) is 0 Å². The molecule has 0 aliphatic carbocycles. The molecule has 2 heteroatoms. The summed E-state index contributed by atoms with van der Waals surface area (Å²) in [7, 11) is 0. The first-order chi connectivity index (χ1) is 4.91. The van der Waals surface area contributed by atoms with E-state index < -0.39 is 0 Å². The van der Waals surface area contributed by atoms with E-state index in [9.17, 15) is 0 Å². The van der Waals surface area contributed by atoms with Gasteiger partial charge in [-0.05, 0) is 19.3 Å². The van der Waals surface area contributed by atoms with Crippen molar-refractivity contribution in [2.24, 2.45) is 0 Å². The van der Waals surface area contributed by atoms with Crippen molar-refractivity contribution in [1.82, 2.24) is 0 Å². The first kappa shape index (κ1) is 10.2. The molecule has 0 bridgehead atoms. The average molecular weight is 207 g/mol. The lowest BCUT2D eigenvalue weighted by molar-refractivity contribution is 0.342. The lowest BCUT2D eigenvalue weighted by Crippen LogP contribution is -1.77. The molecule has 10 heavy (non-hydrogen) atoms. The van der Waals surface area contributed by atoms with Gasteiger partial charge in [-0.15, -0.1) is 0 Å². The molecule has 0 amide bonds. The van der Waals surface area contributed by atoms with Crippen LogP contribution in [0.2, 0.25) is 0 Å². The van der Waals surface area contributed by atoms with E-state index in [4.69, 9.17) is 5.11 Å². The summed E-state index contributed by atoms with van der Waals surface area (Å²) in [5, 5.41) is 9.48. The van der Waals surface area contributed by atoms with Crippen molar-refractivity contribution >= 4 is 15.9 Å². The Morgan fingerprint density at radius 1 is 1.10 bits per heavy atom. The Balaban J connectivity index is 2.83. The van der Waals surface area contributed by atoms with Crippen molar-refractivity contribution in [3.05, 3.63) is 12.2 Å². The summed E-state index contributed by atoms with van der Waals surface area (Å²) in [5.41, 5.74) is 0. The predicted molar refractivity (Wildman–Crippen MR) is 48.5 cm³/mol. The van der Waals surface area contributed by atoms with Gasteiger partial charge >= 0.3 is 0 Å². The molecule has 60 valence electrons. The summed E-state index contributed by atoms with van der Waals surface area (Å²) in [5.74, 6) is 0. The maximum Gasteiger partial charge on any atom is 0.0612 e. The Morgan fingerprint density at radius 2 is 1.90 bits per heavy atom. The molecule has 0 saturated heterocycles. The second-order valence-corrected chi connectivity index (χ2v) is 2.99. The molecular weight excluding hydrogens is 192 g/mol. The van der Waals surface area contributed by atoms with Crippen LogP contribution >= 0.6 is 15.9 Å². The van der Waals surface area contributed by atoms with Gasteiger partial charge in [0.15, 0.2) is 0 Å². The highest BCUT2D eigenvalue weighted by molar-refractivity contribution is 9.09. The first-order valence-corrected chi connectivity index (χ1v) is 4.85. The maximum absolute atomic E-state index is 8.37. The van der Waals surface area contributed by atoms with Crippen molar-refractivity contribution < 1.29 is 5.11 Å². The van der Waals surface area contributed by atoms with E-state index in [2.05, 4.69) is 15.9 Å². The second kappa shape index (κ2) is 9.18. The maximum atomic E-state index is 8.37. The van der Waals surface area contributed by atoms with Crippen LogP contribution in [-0.2, 0) is 0 Å². The number of aliphatic hydroxyl groups excluding tert-OH is 1. The summed E-state index contributed by atoms with van der Waals surface area (Å²) >= 11 is 3.37. The Bertz CT molecular complexity index is 81.3. The van der Waals surface area contributed by atoms with E-state index >= 15 is 0 Å². The standard InChI is InChI=1S/C8H15BrO/c9-7-5-3-1-2-4-6-8-10/h4,6,10H,1-3,5,7-8H2/b6-4+. The van der Waals surface area contributed by atoms with Gasteiger partial charge in [-0.2, -0.15) is 0 Å². The van der Waals surface area contributed by atoms with E-state index in [0.717, 1.165) is 11.8 Å². The molecule has 0 fully saturated rings. The molecule has 0 heterocycles. The summed E-state index contributed by atoms with van der Waals surface area (Å²) in [6.07, 6.45) is 8.71. The third kappa shape index (κ3) is 8.18. The quantitative estimate of drug-likeness (QED) is 0.403. The molecule has 0 radical (unpaired) electrons. The molecule has 0 rings (SSSR count). The largest absolute Gasteiger partial charge is 0.392 e. The Hall–Kier alpha value is 0.180. The van der Waals surface area contributed by atoms with Crippen LogP contribution in [0.3, 0.4) is 0 Å². The topological polar surface area (TPSA) is 20.2 Å². The summed E-state index contributed by atoms with van der Waals surface area (Å²) in [6.45, 7) is 0.179. The van der Waals surface area contributed by atoms with Crippen molar-refractivity contribution in [2.75, 3.05) is 11.9 Å². The fourth-order valence-electron chi connectivity index (χ4n) is 0.726. The minimum atomic E-state index is 0.179. The highest BCUT2D eigenvalue weighted by Gasteiger charge is 1.83. The van der Waals surface area contributed by atoms with Gasteiger partial charge in [0.2, 0.25) is 0 Å². The van der Waals surface area contributed by atoms with Crippen LogP contribution in [0.5, 0.6) is 0 Å². The minimum Gasteiger partial charge on any atom is -0.392 e. The molecule has 1 N–H and O–H groups in total. The van der Waals surface area contributed by atoms with Crippen LogP contribution in [0.25, 0.3) is 0 Å². The third-order valence-electron chi connectivity index (χ3n) is 1.28. The molecule has 0 aromatic heterocycles. The molecule has 0 aliphatic rings. The van der Waals surface area contributed by atoms with E-state index in [1.807, 2.05) is 6.08 Å². The second-order valence-electron chi connectivity index (χ2n) is 2.19. The van der Waals surface area contributed by atoms with Gasteiger partial charge < -0.3 is 5.11 Å². The number of allylic oxidation sites excluding steroid dienone is 1.